The summed E-state index contributed by atoms with van der Waals surface area (Å²) in [7, 11) is 0. The van der Waals surface area contributed by atoms with E-state index in [1.807, 2.05) is 24.3 Å². The predicted molar refractivity (Wildman–Crippen MR) is 137 cm³/mol. The van der Waals surface area contributed by atoms with Gasteiger partial charge in [0.15, 0.2) is 5.43 Å². The minimum atomic E-state index is -0.662. The van der Waals surface area contributed by atoms with Crippen molar-refractivity contribution in [3.63, 3.8) is 0 Å². The molecule has 0 N–H and O–H groups in total. The number of carbonyl (C=O) groups is 1. The molecule has 0 bridgehead atoms. The molecule has 172 valence electrons. The number of nitrogens with zero attached hydrogens (tertiary/aromatic N) is 1. The first-order valence-corrected chi connectivity index (χ1v) is 12.2. The van der Waals surface area contributed by atoms with Gasteiger partial charge in [0, 0.05) is 15.2 Å². The van der Waals surface area contributed by atoms with Crippen LogP contribution in [0.5, 0.6) is 5.75 Å². The summed E-state index contributed by atoms with van der Waals surface area (Å²) in [6, 6.07) is 19.0. The van der Waals surface area contributed by atoms with Crippen molar-refractivity contribution in [2.45, 2.75) is 25.8 Å². The van der Waals surface area contributed by atoms with E-state index in [0.29, 0.717) is 33.8 Å². The molecule has 0 fully saturated rings. The molecular formula is C27H21BrClNO4. The number of benzene rings is 3. The van der Waals surface area contributed by atoms with Crippen molar-refractivity contribution in [2.24, 2.45) is 0 Å². The van der Waals surface area contributed by atoms with E-state index in [-0.39, 0.29) is 17.1 Å². The first-order chi connectivity index (χ1) is 16.5. The maximum absolute atomic E-state index is 13.7. The normalized spacial score (nSPS) is 15.1. The summed E-state index contributed by atoms with van der Waals surface area (Å²) in [6.45, 7) is 2.75. The molecule has 1 unspecified atom stereocenters. The maximum atomic E-state index is 13.7. The average Bonchev–Trinajstić information content (AvgIpc) is 3.13. The summed E-state index contributed by atoms with van der Waals surface area (Å²) in [4.78, 5) is 28.9. The van der Waals surface area contributed by atoms with Crippen LogP contribution in [0, 0.1) is 0 Å². The van der Waals surface area contributed by atoms with E-state index in [0.717, 1.165) is 28.6 Å². The van der Waals surface area contributed by atoms with Crippen LogP contribution in [0.4, 0.5) is 5.69 Å². The Hall–Kier alpha value is -3.09. The number of hydrogen-bond donors (Lipinski definition) is 0. The fourth-order valence-electron chi connectivity index (χ4n) is 4.23. The third-order valence-corrected chi connectivity index (χ3v) is 6.61. The van der Waals surface area contributed by atoms with Gasteiger partial charge in [0.05, 0.1) is 23.6 Å². The second kappa shape index (κ2) is 9.28. The summed E-state index contributed by atoms with van der Waals surface area (Å²) in [6.07, 6.45) is 2.02. The van der Waals surface area contributed by atoms with Gasteiger partial charge >= 0.3 is 0 Å². The summed E-state index contributed by atoms with van der Waals surface area (Å²) < 4.78 is 12.6. The van der Waals surface area contributed by atoms with Crippen LogP contribution in [-0.4, -0.2) is 12.5 Å². The third kappa shape index (κ3) is 4.01. The average molecular weight is 539 g/mol. The largest absolute Gasteiger partial charge is 0.494 e. The molecule has 0 saturated carbocycles. The van der Waals surface area contributed by atoms with Crippen molar-refractivity contribution in [1.82, 2.24) is 0 Å². The zero-order chi connectivity index (χ0) is 23.8. The first kappa shape index (κ1) is 22.7. The molecule has 1 aliphatic heterocycles. The van der Waals surface area contributed by atoms with E-state index in [1.54, 1.807) is 47.4 Å². The van der Waals surface area contributed by atoms with Gasteiger partial charge in [-0.2, -0.15) is 0 Å². The molecule has 1 aromatic heterocycles. The van der Waals surface area contributed by atoms with Crippen LogP contribution in [0.1, 0.15) is 47.5 Å². The molecule has 0 saturated heterocycles. The number of ether oxygens (including phenoxy) is 1. The highest BCUT2D eigenvalue weighted by molar-refractivity contribution is 9.10. The first-order valence-electron chi connectivity index (χ1n) is 11.1. The minimum Gasteiger partial charge on any atom is -0.494 e. The molecule has 3 aromatic carbocycles. The molecule has 7 heteroatoms. The molecule has 2 heterocycles. The highest BCUT2D eigenvalue weighted by Gasteiger charge is 2.43. The van der Waals surface area contributed by atoms with Gasteiger partial charge in [0.2, 0.25) is 5.76 Å². The zero-order valence-electron chi connectivity index (χ0n) is 18.4. The van der Waals surface area contributed by atoms with Crippen LogP contribution in [0.25, 0.3) is 11.0 Å². The van der Waals surface area contributed by atoms with Crippen LogP contribution >= 0.6 is 27.5 Å². The van der Waals surface area contributed by atoms with Crippen LogP contribution < -0.4 is 15.1 Å². The highest BCUT2D eigenvalue weighted by atomic mass is 79.9. The Balaban J connectivity index is 1.68. The lowest BCUT2D eigenvalue weighted by Crippen LogP contribution is -2.29. The number of hydrogen-bond acceptors (Lipinski definition) is 4. The summed E-state index contributed by atoms with van der Waals surface area (Å²) >= 11 is 9.67. The Morgan fingerprint density at radius 3 is 2.59 bits per heavy atom. The van der Waals surface area contributed by atoms with Gasteiger partial charge in [0.25, 0.3) is 5.91 Å². The molecule has 4 aromatic rings. The van der Waals surface area contributed by atoms with E-state index in [2.05, 4.69) is 22.9 Å². The van der Waals surface area contributed by atoms with Crippen molar-refractivity contribution in [2.75, 3.05) is 11.5 Å². The summed E-state index contributed by atoms with van der Waals surface area (Å²) in [5.41, 5.74) is 1.81. The number of anilines is 1. The number of fused-ring (bicyclic) bond motifs is 2. The third-order valence-electron chi connectivity index (χ3n) is 5.88. The monoisotopic (exact) mass is 537 g/mol. The van der Waals surface area contributed by atoms with Crippen LogP contribution in [0.2, 0.25) is 5.02 Å². The lowest BCUT2D eigenvalue weighted by atomic mass is 9.98. The standard InChI is InChI=1S/C27H21BrClNO4/c1-2-3-13-33-20-10-7-16(8-11-20)24-23-25(31)21-14-17(28)9-12-22(21)34-26(23)27(32)30(24)19-6-4-5-18(29)15-19/h4-12,14-15,24H,2-3,13H2,1H3. The Bertz CT molecular complexity index is 1450. The number of amides is 1. The van der Waals surface area contributed by atoms with Crippen LogP contribution in [0.15, 0.2) is 80.4 Å². The van der Waals surface area contributed by atoms with E-state index in [1.165, 1.54) is 0 Å². The van der Waals surface area contributed by atoms with E-state index in [9.17, 15) is 9.59 Å². The number of rotatable bonds is 6. The van der Waals surface area contributed by atoms with E-state index >= 15 is 0 Å². The van der Waals surface area contributed by atoms with Crippen molar-refractivity contribution < 1.29 is 13.9 Å². The molecule has 0 radical (unpaired) electrons. The van der Waals surface area contributed by atoms with Crippen molar-refractivity contribution in [3.8, 4) is 5.75 Å². The Morgan fingerprint density at radius 1 is 1.06 bits per heavy atom. The smallest absolute Gasteiger partial charge is 0.295 e. The minimum absolute atomic E-state index is 0.0491. The molecule has 1 aliphatic rings. The molecule has 0 aliphatic carbocycles. The second-order valence-corrected chi connectivity index (χ2v) is 9.50. The van der Waals surface area contributed by atoms with Crippen molar-refractivity contribution in [3.05, 3.63) is 103 Å². The van der Waals surface area contributed by atoms with Crippen molar-refractivity contribution in [1.29, 1.82) is 0 Å². The molecule has 1 atom stereocenters. The maximum Gasteiger partial charge on any atom is 0.295 e. The topological polar surface area (TPSA) is 59.8 Å². The molecule has 0 spiro atoms. The number of carbonyl (C=O) groups excluding carboxylic acids is 1. The highest BCUT2D eigenvalue weighted by Crippen LogP contribution is 2.42. The van der Waals surface area contributed by atoms with Gasteiger partial charge in [-0.05, 0) is 60.5 Å². The fourth-order valence-corrected chi connectivity index (χ4v) is 4.78. The predicted octanol–water partition coefficient (Wildman–Crippen LogP) is 7.14. The Morgan fingerprint density at radius 2 is 1.85 bits per heavy atom. The van der Waals surface area contributed by atoms with Crippen LogP contribution in [0.3, 0.4) is 0 Å². The zero-order valence-corrected chi connectivity index (χ0v) is 20.7. The van der Waals surface area contributed by atoms with E-state index in [4.69, 9.17) is 20.8 Å². The van der Waals surface area contributed by atoms with E-state index < -0.39 is 6.04 Å². The Labute approximate surface area is 210 Å². The lowest BCUT2D eigenvalue weighted by Gasteiger charge is -2.25. The lowest BCUT2D eigenvalue weighted by molar-refractivity contribution is 0.0971. The van der Waals surface area contributed by atoms with Gasteiger partial charge in [0.1, 0.15) is 11.3 Å². The van der Waals surface area contributed by atoms with Gasteiger partial charge in [-0.3, -0.25) is 14.5 Å². The quantitative estimate of drug-likeness (QED) is 0.245. The Kier molecular flexibility index (Phi) is 6.19. The SMILES string of the molecule is CCCCOc1ccc(C2c3c(oc4ccc(Br)cc4c3=O)C(=O)N2c2cccc(Cl)c2)cc1. The molecule has 34 heavy (non-hydrogen) atoms. The van der Waals surface area contributed by atoms with Gasteiger partial charge in [-0.15, -0.1) is 0 Å². The molecule has 1 amide bonds. The molecule has 5 nitrogen and oxygen atoms in total. The number of unbranched alkanes of at least 4 members (excludes halogenated alkanes) is 1. The van der Waals surface area contributed by atoms with Gasteiger partial charge in [-0.25, -0.2) is 0 Å². The van der Waals surface area contributed by atoms with Crippen molar-refractivity contribution >= 4 is 50.1 Å². The molecular weight excluding hydrogens is 518 g/mol. The second-order valence-electron chi connectivity index (χ2n) is 8.14. The van der Waals surface area contributed by atoms with Crippen LogP contribution in [-0.2, 0) is 0 Å². The van der Waals surface area contributed by atoms with Gasteiger partial charge in [-0.1, -0.05) is 59.1 Å². The van der Waals surface area contributed by atoms with Gasteiger partial charge < -0.3 is 9.15 Å². The fraction of sp³-hybridized carbons (Fsp3) is 0.185. The molecule has 5 rings (SSSR count). The number of halogens is 2. The summed E-state index contributed by atoms with van der Waals surface area (Å²) in [5, 5.41) is 0.909. The summed E-state index contributed by atoms with van der Waals surface area (Å²) in [5.74, 6) is 0.408.